The summed E-state index contributed by atoms with van der Waals surface area (Å²) in [5, 5.41) is 7.40. The van der Waals surface area contributed by atoms with E-state index in [1.165, 1.54) is 47.3 Å². The molecule has 0 aliphatic carbocycles. The van der Waals surface area contributed by atoms with Crippen molar-refractivity contribution in [1.82, 2.24) is 19.5 Å². The monoisotopic (exact) mass is 782 g/mol. The van der Waals surface area contributed by atoms with Crippen LogP contribution in [0.25, 0.3) is 115 Å². The largest absolute Gasteiger partial charge is 0.309 e. The van der Waals surface area contributed by atoms with Gasteiger partial charge in [-0.25, -0.2) is 15.0 Å². The highest BCUT2D eigenvalue weighted by Crippen LogP contribution is 2.42. The summed E-state index contributed by atoms with van der Waals surface area (Å²) in [5.74, 6) is 1.87. The van der Waals surface area contributed by atoms with Crippen LogP contribution in [0, 0.1) is 0 Å². The van der Waals surface area contributed by atoms with E-state index in [4.69, 9.17) is 15.0 Å². The summed E-state index contributed by atoms with van der Waals surface area (Å²) in [7, 11) is 0. The predicted molar refractivity (Wildman–Crippen MR) is 252 cm³/mol. The van der Waals surface area contributed by atoms with Gasteiger partial charge in [-0.2, -0.15) is 0 Å². The van der Waals surface area contributed by atoms with Gasteiger partial charge in [-0.15, -0.1) is 11.3 Å². The third kappa shape index (κ3) is 5.70. The molecule has 12 aromatic rings. The van der Waals surface area contributed by atoms with Crippen LogP contribution in [0.4, 0.5) is 0 Å². The van der Waals surface area contributed by atoms with Crippen LogP contribution in [-0.4, -0.2) is 19.5 Å². The van der Waals surface area contributed by atoms with Crippen molar-refractivity contribution in [1.29, 1.82) is 0 Å². The molecule has 3 heterocycles. The van der Waals surface area contributed by atoms with Gasteiger partial charge in [-0.3, -0.25) is 0 Å². The molecule has 0 radical (unpaired) electrons. The highest BCUT2D eigenvalue weighted by atomic mass is 32.1. The molecule has 60 heavy (non-hydrogen) atoms. The Morgan fingerprint density at radius 3 is 1.67 bits per heavy atom. The quantitative estimate of drug-likeness (QED) is 0.169. The molecule has 4 nitrogen and oxygen atoms in total. The van der Waals surface area contributed by atoms with E-state index in [0.29, 0.717) is 17.5 Å². The van der Waals surface area contributed by atoms with Gasteiger partial charge < -0.3 is 4.57 Å². The first kappa shape index (κ1) is 34.3. The third-order valence-corrected chi connectivity index (χ3v) is 12.9. The highest BCUT2D eigenvalue weighted by Gasteiger charge is 2.20. The predicted octanol–water partition coefficient (Wildman–Crippen LogP) is 14.8. The zero-order chi connectivity index (χ0) is 39.6. The van der Waals surface area contributed by atoms with Gasteiger partial charge in [0, 0.05) is 53.2 Å². The fraction of sp³-hybridized carbons (Fsp3) is 0. The van der Waals surface area contributed by atoms with Crippen LogP contribution < -0.4 is 0 Å². The van der Waals surface area contributed by atoms with Crippen LogP contribution in [0.15, 0.2) is 206 Å². The van der Waals surface area contributed by atoms with Gasteiger partial charge >= 0.3 is 0 Å². The minimum absolute atomic E-state index is 0.614. The molecule has 0 atom stereocenters. The maximum Gasteiger partial charge on any atom is 0.164 e. The van der Waals surface area contributed by atoms with Crippen molar-refractivity contribution in [2.24, 2.45) is 0 Å². The van der Waals surface area contributed by atoms with E-state index in [2.05, 4.69) is 193 Å². The van der Waals surface area contributed by atoms with E-state index in [1.807, 2.05) is 29.5 Å². The number of para-hydroxylation sites is 2. The first-order valence-electron chi connectivity index (χ1n) is 20.2. The number of hydrogen-bond acceptors (Lipinski definition) is 4. The van der Waals surface area contributed by atoms with Crippen LogP contribution in [0.1, 0.15) is 0 Å². The molecular formula is C55H34N4S. The summed E-state index contributed by atoms with van der Waals surface area (Å²) < 4.78 is 4.97. The zero-order valence-corrected chi connectivity index (χ0v) is 33.1. The average molecular weight is 783 g/mol. The molecule has 12 rings (SSSR count). The molecule has 0 aliphatic heterocycles. The van der Waals surface area contributed by atoms with Gasteiger partial charge in [0.1, 0.15) is 0 Å². The zero-order valence-electron chi connectivity index (χ0n) is 32.3. The molecule has 0 N–H and O–H groups in total. The Labute approximate surface area is 350 Å². The summed E-state index contributed by atoms with van der Waals surface area (Å²) in [4.78, 5) is 15.7. The van der Waals surface area contributed by atoms with Crippen LogP contribution >= 0.6 is 11.3 Å². The minimum Gasteiger partial charge on any atom is -0.309 e. The number of benzene rings is 9. The highest BCUT2D eigenvalue weighted by molar-refractivity contribution is 7.26. The third-order valence-electron chi connectivity index (χ3n) is 11.6. The Kier molecular flexibility index (Phi) is 8.00. The van der Waals surface area contributed by atoms with Crippen LogP contribution in [0.3, 0.4) is 0 Å². The molecule has 5 heteroatoms. The molecule has 0 unspecified atom stereocenters. The molecule has 3 aromatic heterocycles. The van der Waals surface area contributed by atoms with Crippen molar-refractivity contribution < 1.29 is 0 Å². The molecule has 0 fully saturated rings. The van der Waals surface area contributed by atoms with Gasteiger partial charge in [0.25, 0.3) is 0 Å². The molecule has 0 saturated carbocycles. The average Bonchev–Trinajstić information content (AvgIpc) is 3.87. The van der Waals surface area contributed by atoms with Gasteiger partial charge in [0.2, 0.25) is 0 Å². The van der Waals surface area contributed by atoms with Crippen molar-refractivity contribution in [3.05, 3.63) is 206 Å². The Morgan fingerprint density at radius 1 is 0.333 bits per heavy atom. The van der Waals surface area contributed by atoms with Crippen molar-refractivity contribution in [3.63, 3.8) is 0 Å². The van der Waals surface area contributed by atoms with Crippen molar-refractivity contribution in [2.45, 2.75) is 0 Å². The lowest BCUT2D eigenvalue weighted by atomic mass is 9.98. The summed E-state index contributed by atoms with van der Waals surface area (Å²) in [6, 6.07) is 73.4. The van der Waals surface area contributed by atoms with E-state index in [0.717, 1.165) is 50.1 Å². The number of nitrogens with zero attached hydrogens (tertiary/aromatic N) is 4. The van der Waals surface area contributed by atoms with E-state index in [-0.39, 0.29) is 0 Å². The lowest BCUT2D eigenvalue weighted by Gasteiger charge is -2.17. The van der Waals surface area contributed by atoms with E-state index < -0.39 is 0 Å². The van der Waals surface area contributed by atoms with Crippen LogP contribution in [0.5, 0.6) is 0 Å². The Balaban J connectivity index is 1.07. The summed E-state index contributed by atoms with van der Waals surface area (Å²) in [6.07, 6.45) is 0. The van der Waals surface area contributed by atoms with Gasteiger partial charge in [0.15, 0.2) is 17.5 Å². The molecule has 0 amide bonds. The van der Waals surface area contributed by atoms with Crippen molar-refractivity contribution in [3.8, 4) is 62.1 Å². The summed E-state index contributed by atoms with van der Waals surface area (Å²) >= 11 is 1.84. The Morgan fingerprint density at radius 2 is 0.883 bits per heavy atom. The first-order chi connectivity index (χ1) is 29.7. The summed E-state index contributed by atoms with van der Waals surface area (Å²) in [5.41, 5.74) is 10.7. The number of fused-ring (bicyclic) bond motifs is 7. The molecule has 280 valence electrons. The normalized spacial score (nSPS) is 11.7. The van der Waals surface area contributed by atoms with Gasteiger partial charge in [-0.05, 0) is 63.9 Å². The lowest BCUT2D eigenvalue weighted by molar-refractivity contribution is 1.07. The van der Waals surface area contributed by atoms with Crippen LogP contribution in [0.2, 0.25) is 0 Å². The second-order valence-corrected chi connectivity index (χ2v) is 16.2. The second-order valence-electron chi connectivity index (χ2n) is 15.2. The number of hydrogen-bond donors (Lipinski definition) is 0. The molecule has 0 saturated heterocycles. The maximum atomic E-state index is 5.29. The minimum atomic E-state index is 0.614. The molecule has 0 bridgehead atoms. The standard InChI is InChI=1S/C55H34N4S/c1-2-15-36(16-3-1)53-56-54(40-19-12-18-38(33-40)43-23-13-24-47-46-22-8-11-27-51(46)60-52(43)47)58-55(57-53)41-30-31-42(39-29-28-35-14-4-5-17-37(35)32-39)50(34-41)59-48-25-9-6-20-44(48)45-21-7-10-26-49(45)59/h1-34H. The Bertz CT molecular complexity index is 3570. The Hall–Kier alpha value is -7.73. The van der Waals surface area contributed by atoms with E-state index in [1.54, 1.807) is 0 Å². The van der Waals surface area contributed by atoms with Crippen LogP contribution in [-0.2, 0) is 0 Å². The lowest BCUT2D eigenvalue weighted by Crippen LogP contribution is -2.02. The van der Waals surface area contributed by atoms with Crippen molar-refractivity contribution >= 4 is 64.1 Å². The molecular weight excluding hydrogens is 749 g/mol. The topological polar surface area (TPSA) is 43.6 Å². The SMILES string of the molecule is c1ccc(-c2nc(-c3cccc(-c4cccc5c4sc4ccccc45)c3)nc(-c3ccc(-c4ccc5ccccc5c4)c(-n4c5ccccc5c5ccccc54)c3)n2)cc1. The fourth-order valence-corrected chi connectivity index (χ4v) is 10.0. The van der Waals surface area contributed by atoms with E-state index in [9.17, 15) is 0 Å². The van der Waals surface area contributed by atoms with E-state index >= 15 is 0 Å². The second kappa shape index (κ2) is 14.0. The first-order valence-corrected chi connectivity index (χ1v) is 21.0. The van der Waals surface area contributed by atoms with Crippen molar-refractivity contribution in [2.75, 3.05) is 0 Å². The molecule has 9 aromatic carbocycles. The summed E-state index contributed by atoms with van der Waals surface area (Å²) in [6.45, 7) is 0. The number of thiophene rings is 1. The molecule has 0 aliphatic rings. The van der Waals surface area contributed by atoms with Gasteiger partial charge in [0.05, 0.1) is 16.7 Å². The smallest absolute Gasteiger partial charge is 0.164 e. The fourth-order valence-electron chi connectivity index (χ4n) is 8.79. The van der Waals surface area contributed by atoms with Gasteiger partial charge in [-0.1, -0.05) is 170 Å². The maximum absolute atomic E-state index is 5.29. The number of aromatic nitrogens is 4. The molecule has 0 spiro atoms. The number of rotatable bonds is 6.